The summed E-state index contributed by atoms with van der Waals surface area (Å²) in [6.45, 7) is 0.0933. The molecule has 0 amide bonds. The molecule has 0 atom stereocenters. The quantitative estimate of drug-likeness (QED) is 0.403. The SMILES string of the molecule is CNS(=O)(=O)c1cc(N)ccc1SCCCO. The van der Waals surface area contributed by atoms with E-state index in [1.165, 1.54) is 24.9 Å². The third-order valence-electron chi connectivity index (χ3n) is 2.09. The van der Waals surface area contributed by atoms with Crippen LogP contribution in [-0.2, 0) is 10.0 Å². The number of nitrogen functional groups attached to an aromatic ring is 1. The van der Waals surface area contributed by atoms with Gasteiger partial charge in [-0.05, 0) is 31.7 Å². The maximum atomic E-state index is 11.8. The van der Waals surface area contributed by atoms with Gasteiger partial charge in [0.05, 0.1) is 4.90 Å². The number of hydrogen-bond acceptors (Lipinski definition) is 5. The zero-order chi connectivity index (χ0) is 12.9. The molecule has 4 N–H and O–H groups in total. The molecule has 1 rings (SSSR count). The minimum Gasteiger partial charge on any atom is -0.399 e. The summed E-state index contributed by atoms with van der Waals surface area (Å²) in [6.07, 6.45) is 0.619. The van der Waals surface area contributed by atoms with Gasteiger partial charge in [-0.2, -0.15) is 0 Å². The number of thioether (sulfide) groups is 1. The molecule has 7 heteroatoms. The van der Waals surface area contributed by atoms with Crippen molar-refractivity contribution >= 4 is 27.5 Å². The van der Waals surface area contributed by atoms with Crippen molar-refractivity contribution in [1.29, 1.82) is 0 Å². The van der Waals surface area contributed by atoms with E-state index in [1.807, 2.05) is 0 Å². The van der Waals surface area contributed by atoms with Crippen LogP contribution in [0.3, 0.4) is 0 Å². The van der Waals surface area contributed by atoms with Crippen LogP contribution in [0.4, 0.5) is 5.69 Å². The fourth-order valence-electron chi connectivity index (χ4n) is 1.21. The molecule has 0 saturated carbocycles. The third kappa shape index (κ3) is 3.88. The molecular weight excluding hydrogens is 260 g/mol. The zero-order valence-electron chi connectivity index (χ0n) is 9.51. The molecule has 0 heterocycles. The van der Waals surface area contributed by atoms with Crippen LogP contribution in [0.15, 0.2) is 28.0 Å². The molecule has 0 aliphatic heterocycles. The Morgan fingerprint density at radius 2 is 2.18 bits per heavy atom. The largest absolute Gasteiger partial charge is 0.399 e. The Bertz CT molecular complexity index is 474. The Kier molecular flexibility index (Phi) is 5.26. The molecule has 0 radical (unpaired) electrons. The molecule has 0 saturated heterocycles. The topological polar surface area (TPSA) is 92.4 Å². The molecule has 5 nitrogen and oxygen atoms in total. The summed E-state index contributed by atoms with van der Waals surface area (Å²) in [6, 6.07) is 4.78. The van der Waals surface area contributed by atoms with Crippen LogP contribution in [-0.4, -0.2) is 32.9 Å². The Labute approximate surface area is 105 Å². The van der Waals surface area contributed by atoms with Crippen molar-refractivity contribution in [2.75, 3.05) is 25.1 Å². The second kappa shape index (κ2) is 6.25. The van der Waals surface area contributed by atoms with Gasteiger partial charge in [0, 0.05) is 22.9 Å². The number of nitrogens with two attached hydrogens (primary N) is 1. The van der Waals surface area contributed by atoms with E-state index >= 15 is 0 Å². The van der Waals surface area contributed by atoms with Crippen molar-refractivity contribution in [3.05, 3.63) is 18.2 Å². The first-order valence-corrected chi connectivity index (χ1v) is 7.55. The first-order valence-electron chi connectivity index (χ1n) is 5.08. The molecule has 96 valence electrons. The summed E-state index contributed by atoms with van der Waals surface area (Å²) >= 11 is 1.39. The van der Waals surface area contributed by atoms with Gasteiger partial charge in [0.1, 0.15) is 0 Å². The molecule has 0 aliphatic carbocycles. The predicted molar refractivity (Wildman–Crippen MR) is 69.5 cm³/mol. The molecule has 0 unspecified atom stereocenters. The molecule has 1 aromatic carbocycles. The molecule has 0 spiro atoms. The number of sulfonamides is 1. The van der Waals surface area contributed by atoms with Crippen molar-refractivity contribution in [3.8, 4) is 0 Å². The molecule has 1 aromatic rings. The van der Waals surface area contributed by atoms with E-state index in [0.29, 0.717) is 22.8 Å². The van der Waals surface area contributed by atoms with E-state index in [2.05, 4.69) is 4.72 Å². The van der Waals surface area contributed by atoms with Crippen molar-refractivity contribution in [1.82, 2.24) is 4.72 Å². The minimum atomic E-state index is -3.50. The highest BCUT2D eigenvalue weighted by Gasteiger charge is 2.17. The molecule has 0 aromatic heterocycles. The summed E-state index contributed by atoms with van der Waals surface area (Å²) in [5.41, 5.74) is 6.00. The van der Waals surface area contributed by atoms with Gasteiger partial charge >= 0.3 is 0 Å². The fraction of sp³-hybridized carbons (Fsp3) is 0.400. The van der Waals surface area contributed by atoms with Crippen molar-refractivity contribution < 1.29 is 13.5 Å². The Balaban J connectivity index is 3.04. The lowest BCUT2D eigenvalue weighted by Crippen LogP contribution is -2.19. The fourth-order valence-corrected chi connectivity index (χ4v) is 3.42. The van der Waals surface area contributed by atoms with Gasteiger partial charge in [0.25, 0.3) is 0 Å². The van der Waals surface area contributed by atoms with Crippen LogP contribution in [0.2, 0.25) is 0 Å². The number of aliphatic hydroxyl groups excluding tert-OH is 1. The lowest BCUT2D eigenvalue weighted by Gasteiger charge is -2.10. The normalized spacial score (nSPS) is 11.6. The van der Waals surface area contributed by atoms with Crippen molar-refractivity contribution in [2.45, 2.75) is 16.2 Å². The van der Waals surface area contributed by atoms with E-state index in [4.69, 9.17) is 10.8 Å². The average Bonchev–Trinajstić information content (AvgIpc) is 2.31. The molecule has 0 fully saturated rings. The van der Waals surface area contributed by atoms with Gasteiger partial charge in [-0.15, -0.1) is 11.8 Å². The summed E-state index contributed by atoms with van der Waals surface area (Å²) in [7, 11) is -2.14. The van der Waals surface area contributed by atoms with Crippen molar-refractivity contribution in [3.63, 3.8) is 0 Å². The number of aliphatic hydroxyl groups is 1. The third-order valence-corrected chi connectivity index (χ3v) is 4.83. The van der Waals surface area contributed by atoms with Gasteiger partial charge in [0.15, 0.2) is 0 Å². The van der Waals surface area contributed by atoms with Crippen LogP contribution < -0.4 is 10.5 Å². The zero-order valence-corrected chi connectivity index (χ0v) is 11.1. The lowest BCUT2D eigenvalue weighted by atomic mass is 10.3. The van der Waals surface area contributed by atoms with E-state index < -0.39 is 10.0 Å². The molecule has 17 heavy (non-hydrogen) atoms. The van der Waals surface area contributed by atoms with E-state index in [9.17, 15) is 8.42 Å². The average molecular weight is 276 g/mol. The first kappa shape index (κ1) is 14.3. The monoisotopic (exact) mass is 276 g/mol. The van der Waals surface area contributed by atoms with Crippen LogP contribution >= 0.6 is 11.8 Å². The summed E-state index contributed by atoms with van der Waals surface area (Å²) in [4.78, 5) is 0.824. The number of hydrogen-bond donors (Lipinski definition) is 3. The number of benzene rings is 1. The second-order valence-corrected chi connectivity index (χ2v) is 6.33. The van der Waals surface area contributed by atoms with Gasteiger partial charge in [0.2, 0.25) is 10.0 Å². The van der Waals surface area contributed by atoms with E-state index in [0.717, 1.165) is 0 Å². The van der Waals surface area contributed by atoms with Gasteiger partial charge in [-0.25, -0.2) is 13.1 Å². The van der Waals surface area contributed by atoms with Gasteiger partial charge in [-0.3, -0.25) is 0 Å². The second-order valence-electron chi connectivity index (χ2n) is 3.34. The minimum absolute atomic E-state index is 0.0933. The summed E-state index contributed by atoms with van der Waals surface area (Å²) in [5, 5.41) is 8.70. The Morgan fingerprint density at radius 1 is 1.47 bits per heavy atom. The highest BCUT2D eigenvalue weighted by molar-refractivity contribution is 8.00. The van der Waals surface area contributed by atoms with Gasteiger partial charge < -0.3 is 10.8 Å². The maximum absolute atomic E-state index is 11.8. The highest BCUT2D eigenvalue weighted by atomic mass is 32.2. The molecule has 0 bridgehead atoms. The van der Waals surface area contributed by atoms with Crippen molar-refractivity contribution in [2.24, 2.45) is 0 Å². The highest BCUT2D eigenvalue weighted by Crippen LogP contribution is 2.28. The number of anilines is 1. The smallest absolute Gasteiger partial charge is 0.241 e. The first-order chi connectivity index (χ1) is 8.01. The molecule has 0 aliphatic rings. The van der Waals surface area contributed by atoms with E-state index in [1.54, 1.807) is 12.1 Å². The predicted octanol–water partition coefficient (Wildman–Crippen LogP) is 0.651. The lowest BCUT2D eigenvalue weighted by molar-refractivity contribution is 0.296. The van der Waals surface area contributed by atoms with Crippen LogP contribution in [0.25, 0.3) is 0 Å². The summed E-state index contributed by atoms with van der Waals surface area (Å²) < 4.78 is 25.8. The maximum Gasteiger partial charge on any atom is 0.241 e. The Morgan fingerprint density at radius 3 is 2.76 bits per heavy atom. The van der Waals surface area contributed by atoms with Crippen LogP contribution in [0.1, 0.15) is 6.42 Å². The van der Waals surface area contributed by atoms with E-state index in [-0.39, 0.29) is 11.5 Å². The Hall–Kier alpha value is -0.760. The van der Waals surface area contributed by atoms with Gasteiger partial charge in [-0.1, -0.05) is 0 Å². The summed E-state index contributed by atoms with van der Waals surface area (Å²) in [5.74, 6) is 0.659. The van der Waals surface area contributed by atoms with Crippen LogP contribution in [0.5, 0.6) is 0 Å². The standard InChI is InChI=1S/C10H16N2O3S2/c1-12-17(14,15)10-7-8(11)3-4-9(10)16-6-2-5-13/h3-4,7,12-13H,2,5-6,11H2,1H3. The number of nitrogens with one attached hydrogen (secondary N) is 1. The van der Waals surface area contributed by atoms with Crippen LogP contribution in [0, 0.1) is 0 Å². The molecular formula is C10H16N2O3S2. The number of rotatable bonds is 6.